The molecular formula is C51H119F6O17Si10+. The minimum absolute atomic E-state index is 0.000417. The molecule has 33 heteroatoms. The lowest BCUT2D eigenvalue weighted by Gasteiger charge is -2.44. The van der Waals surface area contributed by atoms with Gasteiger partial charge in [-0.15, -0.1) is 0 Å². The van der Waals surface area contributed by atoms with Gasteiger partial charge in [-0.1, -0.05) is 0 Å². The summed E-state index contributed by atoms with van der Waals surface area (Å²) in [5, 5.41) is 27.6. The van der Waals surface area contributed by atoms with Crippen LogP contribution in [0.4, 0.5) is 26.3 Å². The molecule has 0 bridgehead atoms. The summed E-state index contributed by atoms with van der Waals surface area (Å²) in [6.45, 7) is 54.6. The summed E-state index contributed by atoms with van der Waals surface area (Å²) in [7, 11) is -24.5. The number of hydrogen-bond acceptors (Lipinski definition) is 17. The summed E-state index contributed by atoms with van der Waals surface area (Å²) in [6.07, 6.45) is -9.16. The van der Waals surface area contributed by atoms with Gasteiger partial charge in [0.25, 0.3) is 0 Å². The van der Waals surface area contributed by atoms with Gasteiger partial charge < -0.3 is 76.7 Å². The van der Waals surface area contributed by atoms with E-state index >= 15 is 0 Å². The van der Waals surface area contributed by atoms with Crippen LogP contribution < -0.4 is 0 Å². The van der Waals surface area contributed by atoms with Gasteiger partial charge in [-0.25, -0.2) is 0 Å². The number of ether oxygens (including phenoxy) is 6. The van der Waals surface area contributed by atoms with Gasteiger partial charge in [-0.2, -0.15) is 26.3 Å². The molecule has 0 aromatic rings. The first kappa shape index (κ1) is 88.9. The molecule has 0 amide bonds. The molecule has 0 aliphatic carbocycles. The number of hydrogen-bond donors (Lipinski definition) is 3. The average Bonchev–Trinajstić information content (AvgIpc) is 3.25. The highest BCUT2D eigenvalue weighted by Gasteiger charge is 2.50. The Kier molecular flexibility index (Phi) is 44.5. The van der Waals surface area contributed by atoms with Crippen molar-refractivity contribution in [2.24, 2.45) is 0 Å². The predicted molar refractivity (Wildman–Crippen MR) is 347 cm³/mol. The minimum atomic E-state index is -4.33. The van der Waals surface area contributed by atoms with Crippen molar-refractivity contribution in [3.8, 4) is 0 Å². The van der Waals surface area contributed by atoms with Crippen LogP contribution in [-0.4, -0.2) is 210 Å². The van der Waals surface area contributed by atoms with E-state index in [9.17, 15) is 36.6 Å². The number of aliphatic hydroxyl groups excluding tert-OH is 3. The Labute approximate surface area is 516 Å². The minimum Gasteiger partial charge on any atom is -0.440 e. The first-order chi connectivity index (χ1) is 37.8. The third kappa shape index (κ3) is 56.7. The molecule has 0 aromatic carbocycles. The fourth-order valence-corrected chi connectivity index (χ4v) is 54.5. The second kappa shape index (κ2) is 42.0. The zero-order valence-electron chi connectivity index (χ0n) is 56.1. The highest BCUT2D eigenvalue weighted by molar-refractivity contribution is 6.91. The van der Waals surface area contributed by atoms with Gasteiger partial charge in [0, 0.05) is 26.1 Å². The largest absolute Gasteiger partial charge is 0.440 e. The lowest BCUT2D eigenvalue weighted by Crippen LogP contribution is -2.60. The van der Waals surface area contributed by atoms with Crippen LogP contribution >= 0.6 is 0 Å². The summed E-state index contributed by atoms with van der Waals surface area (Å²) in [6, 6.07) is 1.25. The summed E-state index contributed by atoms with van der Waals surface area (Å²) >= 11 is 0. The van der Waals surface area contributed by atoms with E-state index in [1.165, 1.54) is 6.08 Å². The second-order valence-electron chi connectivity index (χ2n) is 25.7. The maximum atomic E-state index is 13.5. The van der Waals surface area contributed by atoms with Crippen LogP contribution in [0.25, 0.3) is 0 Å². The van der Waals surface area contributed by atoms with Crippen molar-refractivity contribution in [3.05, 3.63) is 12.7 Å². The third-order valence-corrected chi connectivity index (χ3v) is 47.8. The normalized spacial score (nSPS) is 16.5. The molecule has 0 rings (SSSR count). The average molecular weight is 1400 g/mol. The van der Waals surface area contributed by atoms with Crippen LogP contribution in [0.5, 0.6) is 0 Å². The zero-order chi connectivity index (χ0) is 66.2. The van der Waals surface area contributed by atoms with Gasteiger partial charge in [0.2, 0.25) is 6.58 Å². The van der Waals surface area contributed by atoms with E-state index < -0.39 is 130 Å². The van der Waals surface area contributed by atoms with E-state index in [4.69, 9.17) is 73.0 Å². The molecule has 0 heterocycles. The van der Waals surface area contributed by atoms with E-state index in [0.717, 1.165) is 24.9 Å². The molecule has 6 atom stereocenters. The van der Waals surface area contributed by atoms with E-state index in [1.807, 2.05) is 99.3 Å². The standard InChI is InChI=1S/C30H69F3O10Si5.C12H33F3O4Si5.C9H17O3/c1-26(34)22-38-28(3)24-36-17-14-19-44(5,6)40-46(9,10)42-48(13,21-16-30(31,32)33)43-47(11,12)41-45(7,8)20-15-18-37-25-29(4)39-23-27(2)35;1-20(2)16-22(5,6)18-24(9,11-10-12(13,14)15)19-23(7,8)17-21(3)4;1-4-5-11-7-9(3)12-6-8(2)10/h26-29,34-35H,14-25H2,1-13H3;20-21H,10-11H2,1-9H3;1,4,8-10H,5-7H2,2-3H3/q;;+1. The van der Waals surface area contributed by atoms with Crippen molar-refractivity contribution in [3.63, 3.8) is 0 Å². The van der Waals surface area contributed by atoms with E-state index in [0.29, 0.717) is 46.2 Å². The second-order valence-corrected chi connectivity index (χ2v) is 61.4. The monoisotopic (exact) mass is 1400 g/mol. The Bertz CT molecular complexity index is 1610. The highest BCUT2D eigenvalue weighted by atomic mass is 28.5. The van der Waals surface area contributed by atoms with Crippen molar-refractivity contribution in [1.82, 2.24) is 0 Å². The molecule has 0 aliphatic heterocycles. The molecule has 0 spiro atoms. The molecule has 0 saturated heterocycles. The van der Waals surface area contributed by atoms with E-state index in [-0.39, 0.29) is 43.6 Å². The Morgan fingerprint density at radius 2 is 0.690 bits per heavy atom. The lowest BCUT2D eigenvalue weighted by molar-refractivity contribution is -0.132. The molecule has 0 fully saturated rings. The van der Waals surface area contributed by atoms with Gasteiger partial charge >= 0.3 is 63.7 Å². The van der Waals surface area contributed by atoms with Gasteiger partial charge in [0.15, 0.2) is 40.8 Å². The predicted octanol–water partition coefficient (Wildman–Crippen LogP) is 12.5. The molecular weight excluding hydrogens is 1280 g/mol. The van der Waals surface area contributed by atoms with Crippen LogP contribution in [-0.2, 0) is 61.3 Å². The van der Waals surface area contributed by atoms with Gasteiger partial charge in [-0.05, 0) is 196 Å². The number of rotatable bonds is 45. The summed E-state index contributed by atoms with van der Waals surface area (Å²) in [5.41, 5.74) is 0. The molecule has 17 nitrogen and oxygen atoms in total. The first-order valence-corrected chi connectivity index (χ1v) is 57.7. The van der Waals surface area contributed by atoms with Crippen LogP contribution in [0.1, 0.15) is 67.2 Å². The topological polar surface area (TPSA) is 190 Å². The third-order valence-electron chi connectivity index (χ3n) is 10.9. The van der Waals surface area contributed by atoms with E-state index in [1.54, 1.807) is 33.9 Å². The Hall–Kier alpha value is 0.719. The van der Waals surface area contributed by atoms with Crippen molar-refractivity contribution >= 4 is 86.1 Å². The molecule has 0 radical (unpaired) electrons. The van der Waals surface area contributed by atoms with Gasteiger partial charge in [0.05, 0.1) is 76.3 Å². The summed E-state index contributed by atoms with van der Waals surface area (Å²) in [5.74, 6) is 0. The SMILES string of the molecule is CC(O)COC(C)COCCC[Si](C)(C)O[Si](C)(C)O[Si](C)(CCC(F)(F)F)O[Si](C)(C)O[Si](C)(C)CCCOCC(C)OCC(C)O.C[SiH](C)O[Si](C)(C)O[Si](C)(CCC(F)(F)F)O[Si](C)(C)O[SiH](C)C.[CH+]=CCOCC(C)OCC(C)O. The fraction of sp³-hybridized carbons (Fsp3) is 0.961. The zero-order valence-corrected chi connectivity index (χ0v) is 66.4. The lowest BCUT2D eigenvalue weighted by atomic mass is 10.4. The number of aliphatic hydroxyl groups is 3. The first-order valence-electron chi connectivity index (χ1n) is 29.6. The molecule has 0 aliphatic rings. The van der Waals surface area contributed by atoms with Crippen molar-refractivity contribution in [2.75, 3.05) is 59.5 Å². The summed E-state index contributed by atoms with van der Waals surface area (Å²) in [4.78, 5) is 0. The fourth-order valence-electron chi connectivity index (χ4n) is 8.78. The van der Waals surface area contributed by atoms with Crippen LogP contribution in [0, 0.1) is 6.58 Å². The maximum Gasteiger partial charge on any atom is 0.389 e. The van der Waals surface area contributed by atoms with Crippen molar-refractivity contribution in [1.29, 1.82) is 0 Å². The molecule has 6 unspecified atom stereocenters. The smallest absolute Gasteiger partial charge is 0.389 e. The molecule has 84 heavy (non-hydrogen) atoms. The van der Waals surface area contributed by atoms with Crippen LogP contribution in [0.15, 0.2) is 6.08 Å². The van der Waals surface area contributed by atoms with Gasteiger partial charge in [-0.3, -0.25) is 0 Å². The van der Waals surface area contributed by atoms with Gasteiger partial charge in [0.1, 0.15) is 6.61 Å². The molecule has 0 saturated carbocycles. The Balaban J connectivity index is -0.00000149. The maximum absolute atomic E-state index is 13.5. The van der Waals surface area contributed by atoms with Crippen LogP contribution in [0.2, 0.25) is 142 Å². The van der Waals surface area contributed by atoms with Crippen LogP contribution in [0.3, 0.4) is 0 Å². The number of halogens is 6. The van der Waals surface area contributed by atoms with E-state index in [2.05, 4.69) is 26.2 Å². The molecule has 3 N–H and O–H groups in total. The van der Waals surface area contributed by atoms with Crippen molar-refractivity contribution in [2.45, 2.75) is 258 Å². The Morgan fingerprint density at radius 3 is 0.940 bits per heavy atom. The Morgan fingerprint density at radius 1 is 0.417 bits per heavy atom. The highest BCUT2D eigenvalue weighted by Crippen LogP contribution is 2.35. The quantitative estimate of drug-likeness (QED) is 0.0226. The summed E-state index contributed by atoms with van der Waals surface area (Å²) < 4.78 is 162. The van der Waals surface area contributed by atoms with Crippen molar-refractivity contribution < 1.29 is 103 Å². The molecule has 506 valence electrons. The number of alkyl halides is 6. The molecule has 0 aromatic heterocycles.